The number of esters is 1. The highest BCUT2D eigenvalue weighted by molar-refractivity contribution is 5.76. The first-order chi connectivity index (χ1) is 34.7. The molecule has 7 atom stereocenters. The highest BCUT2D eigenvalue weighted by Crippen LogP contribution is 2.23. The van der Waals surface area contributed by atoms with Crippen molar-refractivity contribution in [1.29, 1.82) is 0 Å². The highest BCUT2D eigenvalue weighted by Gasteiger charge is 2.44. The van der Waals surface area contributed by atoms with E-state index < -0.39 is 49.5 Å². The van der Waals surface area contributed by atoms with Gasteiger partial charge in [-0.25, -0.2) is 0 Å². The van der Waals surface area contributed by atoms with Crippen LogP contribution in [-0.4, -0.2) is 100 Å². The lowest BCUT2D eigenvalue weighted by Crippen LogP contribution is -2.60. The van der Waals surface area contributed by atoms with Crippen LogP contribution in [0.25, 0.3) is 0 Å². The van der Waals surface area contributed by atoms with Crippen LogP contribution in [0.5, 0.6) is 0 Å². The number of hydrogen-bond donors (Lipinski definition) is 6. The number of ether oxygens (including phenoxy) is 3. The number of aliphatic hydroxyl groups is 5. The minimum absolute atomic E-state index is 0.0253. The summed E-state index contributed by atoms with van der Waals surface area (Å²) in [5.74, 6) is -0.238. The monoisotopic (exact) mass is 1000 g/mol. The van der Waals surface area contributed by atoms with Gasteiger partial charge in [0.05, 0.1) is 32.0 Å². The summed E-state index contributed by atoms with van der Waals surface area (Å²) >= 11 is 0. The van der Waals surface area contributed by atoms with Gasteiger partial charge in [0.15, 0.2) is 6.29 Å². The summed E-state index contributed by atoms with van der Waals surface area (Å²) in [5, 5.41) is 54.1. The lowest BCUT2D eigenvalue weighted by atomic mass is 9.99. The van der Waals surface area contributed by atoms with Crippen LogP contribution in [-0.2, 0) is 23.8 Å². The molecule has 414 valence electrons. The number of nitrogens with one attached hydrogen (secondary N) is 1. The first kappa shape index (κ1) is 66.6. The van der Waals surface area contributed by atoms with Crippen molar-refractivity contribution in [2.24, 2.45) is 0 Å². The van der Waals surface area contributed by atoms with Gasteiger partial charge in [-0.1, -0.05) is 197 Å². The maximum atomic E-state index is 13.0. The Morgan fingerprint density at radius 1 is 0.507 bits per heavy atom. The number of carbonyl (C=O) groups excluding carboxylic acids is 2. The zero-order valence-electron chi connectivity index (χ0n) is 45.4. The predicted octanol–water partition coefficient (Wildman–Crippen LogP) is 13.3. The summed E-state index contributed by atoms with van der Waals surface area (Å²) in [4.78, 5) is 25.1. The molecule has 1 saturated heterocycles. The maximum Gasteiger partial charge on any atom is 0.305 e. The van der Waals surface area contributed by atoms with Crippen LogP contribution in [0.15, 0.2) is 48.6 Å². The molecular formula is C60H109NO10. The molecule has 1 amide bonds. The van der Waals surface area contributed by atoms with Gasteiger partial charge in [-0.05, 0) is 96.3 Å². The summed E-state index contributed by atoms with van der Waals surface area (Å²) in [6, 6.07) is -0.839. The molecule has 1 aliphatic heterocycles. The molecule has 1 fully saturated rings. The van der Waals surface area contributed by atoms with Crippen molar-refractivity contribution in [3.8, 4) is 0 Å². The third-order valence-electron chi connectivity index (χ3n) is 13.6. The smallest absolute Gasteiger partial charge is 0.305 e. The van der Waals surface area contributed by atoms with Crippen molar-refractivity contribution in [2.75, 3.05) is 19.8 Å². The van der Waals surface area contributed by atoms with Crippen LogP contribution in [0, 0.1) is 0 Å². The minimum atomic E-state index is -1.58. The third-order valence-corrected chi connectivity index (χ3v) is 13.6. The Balaban J connectivity index is 2.05. The van der Waals surface area contributed by atoms with E-state index in [1.807, 2.05) is 6.08 Å². The molecule has 0 bridgehead atoms. The second-order valence-corrected chi connectivity index (χ2v) is 20.3. The fraction of sp³-hybridized carbons (Fsp3) is 0.833. The number of rotatable bonds is 50. The molecule has 0 aromatic rings. The Kier molecular flexibility index (Phi) is 46.7. The van der Waals surface area contributed by atoms with Gasteiger partial charge in [-0.15, -0.1) is 0 Å². The Hall–Kier alpha value is -2.38. The molecular weight excluding hydrogens is 895 g/mol. The Morgan fingerprint density at radius 2 is 0.915 bits per heavy atom. The van der Waals surface area contributed by atoms with E-state index in [1.54, 1.807) is 6.08 Å². The Labute approximate surface area is 434 Å². The predicted molar refractivity (Wildman–Crippen MR) is 292 cm³/mol. The average Bonchev–Trinajstić information content (AvgIpc) is 3.37. The minimum Gasteiger partial charge on any atom is -0.466 e. The second-order valence-electron chi connectivity index (χ2n) is 20.3. The van der Waals surface area contributed by atoms with Crippen molar-refractivity contribution in [1.82, 2.24) is 5.32 Å². The normalized spacial score (nSPS) is 19.5. The lowest BCUT2D eigenvalue weighted by molar-refractivity contribution is -0.302. The number of aliphatic hydroxyl groups excluding tert-OH is 5. The van der Waals surface area contributed by atoms with Gasteiger partial charge in [-0.2, -0.15) is 0 Å². The summed E-state index contributed by atoms with van der Waals surface area (Å²) < 4.78 is 16.6. The standard InChI is InChI=1S/C60H109NO10/c1-3-5-7-9-11-13-14-15-16-17-18-22-25-28-32-36-40-44-48-56(65)69-49-45-41-37-33-29-26-23-20-19-21-24-27-31-35-39-43-47-55(64)61-52(53(63)46-42-38-34-30-12-10-8-6-4-2)51-70-60-59(68)58(67)57(66)54(50-62)71-60/h12,16-17,19,21,30,42,46,52-54,57-60,62-63,66-68H,3-11,13-15,18,20,22-29,31-41,43-45,47-51H2,1-2H3,(H,61,64)/b17-16-,21-19-,30-12+,46-42+. The number of amides is 1. The molecule has 1 heterocycles. The van der Waals surface area contributed by atoms with Crippen LogP contribution < -0.4 is 5.32 Å². The fourth-order valence-electron chi connectivity index (χ4n) is 8.91. The van der Waals surface area contributed by atoms with Crippen molar-refractivity contribution in [2.45, 2.75) is 301 Å². The van der Waals surface area contributed by atoms with Crippen LogP contribution in [0.1, 0.15) is 258 Å². The molecule has 11 heteroatoms. The van der Waals surface area contributed by atoms with Crippen LogP contribution >= 0.6 is 0 Å². The molecule has 0 aromatic carbocycles. The van der Waals surface area contributed by atoms with Gasteiger partial charge < -0.3 is 45.1 Å². The molecule has 0 radical (unpaired) electrons. The highest BCUT2D eigenvalue weighted by atomic mass is 16.7. The molecule has 7 unspecified atom stereocenters. The molecule has 0 aliphatic carbocycles. The van der Waals surface area contributed by atoms with Crippen molar-refractivity contribution >= 4 is 11.9 Å². The van der Waals surface area contributed by atoms with Crippen molar-refractivity contribution in [3.63, 3.8) is 0 Å². The van der Waals surface area contributed by atoms with E-state index in [0.29, 0.717) is 19.4 Å². The molecule has 6 N–H and O–H groups in total. The molecule has 0 spiro atoms. The van der Waals surface area contributed by atoms with Gasteiger partial charge in [0.1, 0.15) is 24.4 Å². The van der Waals surface area contributed by atoms with E-state index in [1.165, 1.54) is 141 Å². The van der Waals surface area contributed by atoms with E-state index in [2.05, 4.69) is 55.6 Å². The maximum absolute atomic E-state index is 13.0. The van der Waals surface area contributed by atoms with Gasteiger partial charge >= 0.3 is 5.97 Å². The summed E-state index contributed by atoms with van der Waals surface area (Å²) in [6.45, 7) is 4.23. The zero-order chi connectivity index (χ0) is 51.7. The summed E-state index contributed by atoms with van der Waals surface area (Å²) in [7, 11) is 0. The average molecular weight is 1000 g/mol. The van der Waals surface area contributed by atoms with E-state index >= 15 is 0 Å². The first-order valence-corrected chi connectivity index (χ1v) is 29.4. The molecule has 1 rings (SSSR count). The lowest BCUT2D eigenvalue weighted by Gasteiger charge is -2.40. The third kappa shape index (κ3) is 39.7. The molecule has 0 aromatic heterocycles. The van der Waals surface area contributed by atoms with Gasteiger partial charge in [0, 0.05) is 12.8 Å². The topological polar surface area (TPSA) is 175 Å². The molecule has 71 heavy (non-hydrogen) atoms. The van der Waals surface area contributed by atoms with Gasteiger partial charge in [0.2, 0.25) is 5.91 Å². The van der Waals surface area contributed by atoms with E-state index in [-0.39, 0.29) is 18.5 Å². The zero-order valence-corrected chi connectivity index (χ0v) is 45.4. The Bertz CT molecular complexity index is 1320. The van der Waals surface area contributed by atoms with Crippen LogP contribution in [0.2, 0.25) is 0 Å². The van der Waals surface area contributed by atoms with Crippen LogP contribution in [0.4, 0.5) is 0 Å². The van der Waals surface area contributed by atoms with Crippen molar-refractivity contribution in [3.05, 3.63) is 48.6 Å². The van der Waals surface area contributed by atoms with Gasteiger partial charge in [-0.3, -0.25) is 9.59 Å². The SMILES string of the molecule is CCCCC/C=C/CC/C=C/C(O)C(COC1OC(CO)C(O)C(O)C1O)NC(=O)CCCCCCC/C=C\CCCCCCCCCOC(=O)CCCCCCCCC/C=C\CCCCCCCCC. The number of carbonyl (C=O) groups is 2. The first-order valence-electron chi connectivity index (χ1n) is 29.4. The second kappa shape index (κ2) is 49.8. The number of unbranched alkanes of at least 4 members (excludes halogenated alkanes) is 30. The number of allylic oxidation sites excluding steroid dienone is 7. The largest absolute Gasteiger partial charge is 0.466 e. The van der Waals surface area contributed by atoms with E-state index in [4.69, 9.17) is 14.2 Å². The molecule has 0 saturated carbocycles. The Morgan fingerprint density at radius 3 is 1.42 bits per heavy atom. The number of hydrogen-bond acceptors (Lipinski definition) is 10. The molecule has 1 aliphatic rings. The molecule has 11 nitrogen and oxygen atoms in total. The summed E-state index contributed by atoms with van der Waals surface area (Å²) in [6.07, 6.45) is 52.2. The van der Waals surface area contributed by atoms with Crippen molar-refractivity contribution < 1.29 is 49.3 Å². The van der Waals surface area contributed by atoms with Gasteiger partial charge in [0.25, 0.3) is 0 Å². The quantitative estimate of drug-likeness (QED) is 0.0195. The van der Waals surface area contributed by atoms with E-state index in [0.717, 1.165) is 89.9 Å². The summed E-state index contributed by atoms with van der Waals surface area (Å²) in [5.41, 5.74) is 0. The van der Waals surface area contributed by atoms with E-state index in [9.17, 15) is 35.1 Å². The fourth-order valence-corrected chi connectivity index (χ4v) is 8.91. The van der Waals surface area contributed by atoms with Crippen LogP contribution in [0.3, 0.4) is 0 Å².